The summed E-state index contributed by atoms with van der Waals surface area (Å²) in [5.74, 6) is -0.293. The first kappa shape index (κ1) is 18.7. The quantitative estimate of drug-likeness (QED) is 0.777. The normalized spacial score (nSPS) is 17.5. The van der Waals surface area contributed by atoms with Crippen molar-refractivity contribution in [2.24, 2.45) is 0 Å². The van der Waals surface area contributed by atoms with Crippen molar-refractivity contribution in [3.8, 4) is 0 Å². The number of halogens is 2. The number of amides is 2. The van der Waals surface area contributed by atoms with Crippen molar-refractivity contribution in [3.05, 3.63) is 63.6 Å². The van der Waals surface area contributed by atoms with Gasteiger partial charge in [0.1, 0.15) is 6.04 Å². The van der Waals surface area contributed by atoms with Crippen molar-refractivity contribution in [2.75, 3.05) is 18.0 Å². The average Bonchev–Trinajstić information content (AvgIpc) is 2.65. The predicted octanol–water partition coefficient (Wildman–Crippen LogP) is 4.43. The monoisotopic (exact) mass is 390 g/mol. The first-order valence-electron chi connectivity index (χ1n) is 8.59. The standard InChI is InChI=1S/C20H20Cl2N2O2/c1-3-14-6-4-5-7-18(14)24-11-10-23(13(2)19(24)25)20(26)15-8-9-16(21)17(22)12-15/h4-9,12-13H,3,10-11H2,1-2H3/t13-/m0/s1. The summed E-state index contributed by atoms with van der Waals surface area (Å²) in [5, 5.41) is 0.723. The van der Waals surface area contributed by atoms with Crippen LogP contribution in [0.2, 0.25) is 10.0 Å². The largest absolute Gasteiger partial charge is 0.325 e. The van der Waals surface area contributed by atoms with Crippen molar-refractivity contribution in [2.45, 2.75) is 26.3 Å². The Bertz CT molecular complexity index is 853. The number of anilines is 1. The Kier molecular flexibility index (Phi) is 5.54. The molecule has 0 spiro atoms. The van der Waals surface area contributed by atoms with Crippen LogP contribution in [0.25, 0.3) is 0 Å². The smallest absolute Gasteiger partial charge is 0.254 e. The Balaban J connectivity index is 1.83. The second kappa shape index (κ2) is 7.68. The van der Waals surface area contributed by atoms with Gasteiger partial charge in [-0.3, -0.25) is 9.59 Å². The fourth-order valence-electron chi connectivity index (χ4n) is 3.26. The third-order valence-corrected chi connectivity index (χ3v) is 5.49. The minimum Gasteiger partial charge on any atom is -0.325 e. The summed E-state index contributed by atoms with van der Waals surface area (Å²) in [6, 6.07) is 12.1. The van der Waals surface area contributed by atoms with E-state index >= 15 is 0 Å². The van der Waals surface area contributed by atoms with Crippen LogP contribution < -0.4 is 4.90 Å². The second-order valence-corrected chi connectivity index (χ2v) is 7.09. The SMILES string of the molecule is CCc1ccccc1N1CCN(C(=O)c2ccc(Cl)c(Cl)c2)[C@@H](C)C1=O. The fraction of sp³-hybridized carbons (Fsp3) is 0.300. The minimum absolute atomic E-state index is 0.0782. The number of carbonyl (C=O) groups excluding carboxylic acids is 2. The summed E-state index contributed by atoms with van der Waals surface area (Å²) in [7, 11) is 0. The average molecular weight is 391 g/mol. The van der Waals surface area contributed by atoms with Gasteiger partial charge in [0.15, 0.2) is 0 Å². The van der Waals surface area contributed by atoms with Gasteiger partial charge < -0.3 is 9.80 Å². The maximum absolute atomic E-state index is 12.9. The predicted molar refractivity (Wildman–Crippen MR) is 105 cm³/mol. The highest BCUT2D eigenvalue weighted by atomic mass is 35.5. The Morgan fingerprint density at radius 2 is 1.85 bits per heavy atom. The van der Waals surface area contributed by atoms with Gasteiger partial charge in [-0.1, -0.05) is 48.3 Å². The first-order valence-corrected chi connectivity index (χ1v) is 9.35. The minimum atomic E-state index is -0.546. The lowest BCUT2D eigenvalue weighted by atomic mass is 10.1. The number of nitrogens with zero attached hydrogens (tertiary/aromatic N) is 2. The van der Waals surface area contributed by atoms with E-state index in [-0.39, 0.29) is 11.8 Å². The molecule has 0 saturated carbocycles. The van der Waals surface area contributed by atoms with Gasteiger partial charge in [-0.05, 0) is 43.2 Å². The van der Waals surface area contributed by atoms with Gasteiger partial charge >= 0.3 is 0 Å². The number of carbonyl (C=O) groups is 2. The molecule has 2 amide bonds. The lowest BCUT2D eigenvalue weighted by Gasteiger charge is -2.39. The highest BCUT2D eigenvalue weighted by molar-refractivity contribution is 6.42. The summed E-state index contributed by atoms with van der Waals surface area (Å²) in [6.07, 6.45) is 0.847. The van der Waals surface area contributed by atoms with Gasteiger partial charge in [0.25, 0.3) is 5.91 Å². The van der Waals surface area contributed by atoms with E-state index in [2.05, 4.69) is 6.92 Å². The summed E-state index contributed by atoms with van der Waals surface area (Å²) in [4.78, 5) is 29.2. The number of benzene rings is 2. The number of hydrogen-bond donors (Lipinski definition) is 0. The van der Waals surface area contributed by atoms with Gasteiger partial charge in [-0.15, -0.1) is 0 Å². The molecule has 0 aliphatic carbocycles. The Hall–Kier alpha value is -2.04. The molecule has 0 aromatic heterocycles. The first-order chi connectivity index (χ1) is 12.4. The summed E-state index contributed by atoms with van der Waals surface area (Å²) >= 11 is 11.9. The fourth-order valence-corrected chi connectivity index (χ4v) is 3.55. The third kappa shape index (κ3) is 3.44. The van der Waals surface area contributed by atoms with E-state index in [1.165, 1.54) is 0 Å². The molecule has 0 N–H and O–H groups in total. The molecular formula is C20H20Cl2N2O2. The Morgan fingerprint density at radius 1 is 1.12 bits per heavy atom. The lowest BCUT2D eigenvalue weighted by Crippen LogP contribution is -2.58. The van der Waals surface area contributed by atoms with Gasteiger partial charge in [0.2, 0.25) is 5.91 Å². The molecule has 0 bridgehead atoms. The second-order valence-electron chi connectivity index (χ2n) is 6.28. The van der Waals surface area contributed by atoms with E-state index in [1.807, 2.05) is 24.3 Å². The summed E-state index contributed by atoms with van der Waals surface area (Å²) in [6.45, 7) is 4.76. The molecule has 26 heavy (non-hydrogen) atoms. The van der Waals surface area contributed by atoms with Crippen LogP contribution in [0.1, 0.15) is 29.8 Å². The van der Waals surface area contributed by atoms with Crippen molar-refractivity contribution in [1.29, 1.82) is 0 Å². The molecule has 136 valence electrons. The number of piperazine rings is 1. The molecule has 1 fully saturated rings. The zero-order valence-electron chi connectivity index (χ0n) is 14.7. The zero-order valence-corrected chi connectivity index (χ0v) is 16.2. The van der Waals surface area contributed by atoms with Crippen LogP contribution >= 0.6 is 23.2 Å². The number of rotatable bonds is 3. The van der Waals surface area contributed by atoms with Gasteiger partial charge in [0.05, 0.1) is 10.0 Å². The maximum atomic E-state index is 12.9. The van der Waals surface area contributed by atoms with E-state index in [9.17, 15) is 9.59 Å². The molecule has 3 rings (SSSR count). The molecular weight excluding hydrogens is 371 g/mol. The Labute approximate surface area is 163 Å². The van der Waals surface area contributed by atoms with Crippen LogP contribution in [0.3, 0.4) is 0 Å². The Morgan fingerprint density at radius 3 is 2.54 bits per heavy atom. The molecule has 4 nitrogen and oxygen atoms in total. The van der Waals surface area contributed by atoms with E-state index in [1.54, 1.807) is 34.9 Å². The molecule has 0 radical (unpaired) electrons. The highest BCUT2D eigenvalue weighted by Crippen LogP contribution is 2.27. The highest BCUT2D eigenvalue weighted by Gasteiger charge is 2.35. The van der Waals surface area contributed by atoms with Gasteiger partial charge in [0, 0.05) is 24.3 Å². The van der Waals surface area contributed by atoms with Crippen molar-refractivity contribution < 1.29 is 9.59 Å². The summed E-state index contributed by atoms with van der Waals surface area (Å²) < 4.78 is 0. The van der Waals surface area contributed by atoms with E-state index in [0.717, 1.165) is 17.7 Å². The van der Waals surface area contributed by atoms with Crippen molar-refractivity contribution in [1.82, 2.24) is 4.90 Å². The molecule has 2 aromatic carbocycles. The van der Waals surface area contributed by atoms with Crippen LogP contribution in [0.4, 0.5) is 5.69 Å². The van der Waals surface area contributed by atoms with Crippen LogP contribution in [0, 0.1) is 0 Å². The zero-order chi connectivity index (χ0) is 18.8. The molecule has 0 unspecified atom stereocenters. The molecule has 2 aromatic rings. The van der Waals surface area contributed by atoms with E-state index in [4.69, 9.17) is 23.2 Å². The molecule has 1 saturated heterocycles. The van der Waals surface area contributed by atoms with E-state index in [0.29, 0.717) is 28.7 Å². The summed E-state index contributed by atoms with van der Waals surface area (Å²) in [5.41, 5.74) is 2.48. The third-order valence-electron chi connectivity index (χ3n) is 4.75. The number of hydrogen-bond acceptors (Lipinski definition) is 2. The number of para-hydroxylation sites is 1. The van der Waals surface area contributed by atoms with Crippen LogP contribution in [0.15, 0.2) is 42.5 Å². The topological polar surface area (TPSA) is 40.6 Å². The van der Waals surface area contributed by atoms with Gasteiger partial charge in [-0.25, -0.2) is 0 Å². The maximum Gasteiger partial charge on any atom is 0.254 e. The van der Waals surface area contributed by atoms with E-state index < -0.39 is 6.04 Å². The molecule has 1 aliphatic rings. The van der Waals surface area contributed by atoms with Crippen molar-refractivity contribution >= 4 is 40.7 Å². The molecule has 1 heterocycles. The molecule has 1 aliphatic heterocycles. The van der Waals surface area contributed by atoms with Crippen molar-refractivity contribution in [3.63, 3.8) is 0 Å². The van der Waals surface area contributed by atoms with Gasteiger partial charge in [-0.2, -0.15) is 0 Å². The lowest BCUT2D eigenvalue weighted by molar-refractivity contribution is -0.124. The van der Waals surface area contributed by atoms with Crippen LogP contribution in [-0.2, 0) is 11.2 Å². The van der Waals surface area contributed by atoms with Crippen LogP contribution in [-0.4, -0.2) is 35.8 Å². The number of aryl methyl sites for hydroxylation is 1. The van der Waals surface area contributed by atoms with Crippen LogP contribution in [0.5, 0.6) is 0 Å². The molecule has 1 atom stereocenters. The molecule has 6 heteroatoms.